The van der Waals surface area contributed by atoms with Crippen molar-refractivity contribution in [3.05, 3.63) is 70.0 Å². The number of rotatable bonds is 5. The lowest BCUT2D eigenvalue weighted by atomic mass is 9.97. The molecule has 0 radical (unpaired) electrons. The van der Waals surface area contributed by atoms with Crippen molar-refractivity contribution in [3.8, 4) is 0 Å². The average Bonchev–Trinajstić information content (AvgIpc) is 3.25. The molecule has 2 aliphatic heterocycles. The van der Waals surface area contributed by atoms with E-state index in [1.54, 1.807) is 17.0 Å². The maximum Gasteiger partial charge on any atom is 0.330 e. The van der Waals surface area contributed by atoms with Crippen LogP contribution in [0.4, 0.5) is 4.39 Å². The first-order valence-electron chi connectivity index (χ1n) is 10.2. The fraction of sp³-hybridized carbons (Fsp3) is 0.375. The third kappa shape index (κ3) is 3.76. The summed E-state index contributed by atoms with van der Waals surface area (Å²) in [5.41, 5.74) is 4.12. The summed E-state index contributed by atoms with van der Waals surface area (Å²) in [6.45, 7) is 5.33. The van der Waals surface area contributed by atoms with E-state index in [0.29, 0.717) is 24.2 Å². The number of hydrogen-bond donors (Lipinski definition) is 0. The van der Waals surface area contributed by atoms with E-state index in [0.717, 1.165) is 22.3 Å². The van der Waals surface area contributed by atoms with Gasteiger partial charge >= 0.3 is 5.97 Å². The van der Waals surface area contributed by atoms with Crippen LogP contribution in [-0.2, 0) is 19.2 Å². The van der Waals surface area contributed by atoms with Gasteiger partial charge in [-0.1, -0.05) is 29.8 Å². The molecule has 0 aliphatic carbocycles. The summed E-state index contributed by atoms with van der Waals surface area (Å²) in [6.07, 6.45) is 0.863. The normalized spacial score (nSPS) is 22.5. The van der Waals surface area contributed by atoms with Crippen LogP contribution < -0.4 is 0 Å². The number of nitrogens with zero attached hydrogens (tertiary/aromatic N) is 1. The molecule has 0 bridgehead atoms. The fourth-order valence-corrected chi connectivity index (χ4v) is 6.39. The monoisotopic (exact) mass is 441 g/mol. The van der Waals surface area contributed by atoms with Crippen LogP contribution in [0.1, 0.15) is 45.5 Å². The van der Waals surface area contributed by atoms with Crippen LogP contribution in [0.25, 0.3) is 0 Å². The highest BCUT2D eigenvalue weighted by molar-refractivity contribution is 8.00. The molecule has 31 heavy (non-hydrogen) atoms. The van der Waals surface area contributed by atoms with Gasteiger partial charge in [0.05, 0.1) is 0 Å². The molecule has 2 fully saturated rings. The molecule has 0 aromatic heterocycles. The number of esters is 1. The van der Waals surface area contributed by atoms with Gasteiger partial charge in [0.15, 0.2) is 6.61 Å². The summed E-state index contributed by atoms with van der Waals surface area (Å²) in [7, 11) is 0. The van der Waals surface area contributed by atoms with Gasteiger partial charge in [-0.05, 0) is 56.0 Å². The van der Waals surface area contributed by atoms with E-state index >= 15 is 0 Å². The molecule has 2 aromatic rings. The van der Waals surface area contributed by atoms with E-state index < -0.39 is 16.9 Å². The largest absolute Gasteiger partial charge is 0.456 e. The lowest BCUT2D eigenvalue weighted by Crippen LogP contribution is -2.47. The highest BCUT2D eigenvalue weighted by Gasteiger charge is 2.57. The Balaban J connectivity index is 1.50. The molecule has 2 aliphatic rings. The summed E-state index contributed by atoms with van der Waals surface area (Å²) in [5.74, 6) is -0.948. The zero-order valence-corrected chi connectivity index (χ0v) is 18.6. The molecule has 2 saturated heterocycles. The van der Waals surface area contributed by atoms with E-state index in [2.05, 4.69) is 0 Å². The lowest BCUT2D eigenvalue weighted by Gasteiger charge is -2.33. The smallest absolute Gasteiger partial charge is 0.330 e. The minimum absolute atomic E-state index is 0.132. The van der Waals surface area contributed by atoms with Crippen LogP contribution in [0.2, 0.25) is 0 Å². The second-order valence-electron chi connectivity index (χ2n) is 8.19. The zero-order chi connectivity index (χ0) is 22.3. The van der Waals surface area contributed by atoms with Crippen molar-refractivity contribution in [1.29, 1.82) is 0 Å². The van der Waals surface area contributed by atoms with Gasteiger partial charge in [-0.3, -0.25) is 9.59 Å². The molecule has 162 valence electrons. The predicted molar refractivity (Wildman–Crippen MR) is 116 cm³/mol. The minimum Gasteiger partial charge on any atom is -0.456 e. The molecule has 2 unspecified atom stereocenters. The summed E-state index contributed by atoms with van der Waals surface area (Å²) in [6, 6.07) is 9.13. The lowest BCUT2D eigenvalue weighted by molar-refractivity contribution is -0.152. The number of benzene rings is 2. The Morgan fingerprint density at radius 2 is 1.81 bits per heavy atom. The van der Waals surface area contributed by atoms with E-state index in [4.69, 9.17) is 4.74 Å². The molecule has 2 heterocycles. The SMILES string of the molecule is Cc1cc(C)c(C(=O)COC(=O)C2CSC3(c4ccc(F)cc4)CCC(=O)N23)c(C)c1. The topological polar surface area (TPSA) is 63.7 Å². The van der Waals surface area contributed by atoms with Crippen molar-refractivity contribution in [2.45, 2.75) is 44.5 Å². The number of carbonyl (C=O) groups excluding carboxylic acids is 3. The first-order chi connectivity index (χ1) is 14.7. The fourth-order valence-electron chi connectivity index (χ4n) is 4.75. The van der Waals surface area contributed by atoms with Crippen LogP contribution >= 0.6 is 11.8 Å². The van der Waals surface area contributed by atoms with Crippen LogP contribution in [0.15, 0.2) is 36.4 Å². The second-order valence-corrected chi connectivity index (χ2v) is 9.48. The molecular formula is C24H24FNO4S. The first kappa shape index (κ1) is 21.6. The van der Waals surface area contributed by atoms with Gasteiger partial charge in [0.25, 0.3) is 0 Å². The molecule has 1 amide bonds. The van der Waals surface area contributed by atoms with E-state index in [9.17, 15) is 18.8 Å². The Hall–Kier alpha value is -2.67. The Labute approximate surface area is 185 Å². The number of halogens is 1. The number of thioether (sulfide) groups is 1. The third-order valence-electron chi connectivity index (χ3n) is 6.00. The standard InChI is InChI=1S/C24H24FNO4S/c1-14-10-15(2)22(16(3)11-14)20(27)12-30-23(29)19-13-31-24(9-8-21(28)26(19)24)17-4-6-18(25)7-5-17/h4-7,10-11,19H,8-9,12-13H2,1-3H3. The maximum atomic E-state index is 13.4. The van der Waals surface area contributed by atoms with Crippen LogP contribution in [-0.4, -0.2) is 41.0 Å². The van der Waals surface area contributed by atoms with E-state index in [1.165, 1.54) is 23.9 Å². The van der Waals surface area contributed by atoms with Crippen molar-refractivity contribution in [2.75, 3.05) is 12.4 Å². The Morgan fingerprint density at radius 1 is 1.16 bits per heavy atom. The highest BCUT2D eigenvalue weighted by atomic mass is 32.2. The quantitative estimate of drug-likeness (QED) is 0.517. The van der Waals surface area contributed by atoms with E-state index in [-0.39, 0.29) is 24.1 Å². The van der Waals surface area contributed by atoms with Gasteiger partial charge in [0.1, 0.15) is 16.7 Å². The van der Waals surface area contributed by atoms with Crippen LogP contribution in [0.5, 0.6) is 0 Å². The Kier molecular flexibility index (Phi) is 5.64. The number of hydrogen-bond acceptors (Lipinski definition) is 5. The third-order valence-corrected chi connectivity index (χ3v) is 7.59. The number of fused-ring (bicyclic) bond motifs is 1. The molecule has 4 rings (SSSR count). The van der Waals surface area contributed by atoms with E-state index in [1.807, 2.05) is 32.9 Å². The van der Waals surface area contributed by atoms with Crippen molar-refractivity contribution >= 4 is 29.4 Å². The van der Waals surface area contributed by atoms with Crippen molar-refractivity contribution in [1.82, 2.24) is 4.90 Å². The van der Waals surface area contributed by atoms with Crippen molar-refractivity contribution in [3.63, 3.8) is 0 Å². The van der Waals surface area contributed by atoms with Gasteiger partial charge < -0.3 is 9.64 Å². The minimum atomic E-state index is -0.766. The van der Waals surface area contributed by atoms with Crippen molar-refractivity contribution in [2.24, 2.45) is 0 Å². The number of amides is 1. The number of Topliss-reactive ketones (excluding diaryl/α,β-unsaturated/α-hetero) is 1. The van der Waals surface area contributed by atoms with Gasteiger partial charge in [-0.25, -0.2) is 9.18 Å². The number of ether oxygens (including phenoxy) is 1. The predicted octanol–water partition coefficient (Wildman–Crippen LogP) is 4.07. The molecule has 5 nitrogen and oxygen atoms in total. The first-order valence-corrected chi connectivity index (χ1v) is 11.2. The molecule has 2 atom stereocenters. The number of ketones is 1. The Bertz CT molecular complexity index is 1040. The number of aryl methyl sites for hydroxylation is 3. The van der Waals surface area contributed by atoms with Crippen molar-refractivity contribution < 1.29 is 23.5 Å². The maximum absolute atomic E-state index is 13.4. The molecule has 0 spiro atoms. The summed E-state index contributed by atoms with van der Waals surface area (Å²) in [4.78, 5) is 39.1. The number of carbonyl (C=O) groups is 3. The summed E-state index contributed by atoms with van der Waals surface area (Å²) in [5, 5.41) is 0. The van der Waals surface area contributed by atoms with Crippen LogP contribution in [0.3, 0.4) is 0 Å². The molecular weight excluding hydrogens is 417 g/mol. The van der Waals surface area contributed by atoms with Crippen LogP contribution in [0, 0.1) is 26.6 Å². The molecule has 0 N–H and O–H groups in total. The average molecular weight is 442 g/mol. The molecule has 0 saturated carbocycles. The second kappa shape index (κ2) is 8.11. The van der Waals surface area contributed by atoms with Gasteiger partial charge in [0.2, 0.25) is 11.7 Å². The Morgan fingerprint density at radius 3 is 2.45 bits per heavy atom. The summed E-state index contributed by atoms with van der Waals surface area (Å²) < 4.78 is 18.8. The highest BCUT2D eigenvalue weighted by Crippen LogP contribution is 2.54. The zero-order valence-electron chi connectivity index (χ0n) is 17.7. The molecule has 7 heteroatoms. The van der Waals surface area contributed by atoms with Gasteiger partial charge in [-0.15, -0.1) is 11.8 Å². The van der Waals surface area contributed by atoms with Gasteiger partial charge in [-0.2, -0.15) is 0 Å². The molecule has 2 aromatic carbocycles. The summed E-state index contributed by atoms with van der Waals surface area (Å²) >= 11 is 1.49. The van der Waals surface area contributed by atoms with Gasteiger partial charge in [0, 0.05) is 17.7 Å².